The quantitative estimate of drug-likeness (QED) is 0.346. The van der Waals surface area contributed by atoms with Crippen LogP contribution in [0.1, 0.15) is 44.6 Å². The zero-order valence-electron chi connectivity index (χ0n) is 19.2. The molecule has 1 spiro atoms. The summed E-state index contributed by atoms with van der Waals surface area (Å²) < 4.78 is 5.12. The Balaban J connectivity index is 1.39. The van der Waals surface area contributed by atoms with Crippen LogP contribution in [0, 0.1) is 5.41 Å². The number of rotatable bonds is 8. The Labute approximate surface area is 194 Å². The SMILES string of the molecule is C=CN(N)c1ccc(CN(CCO)[C@H]2CC[C@]3(CCN(C4=C(C)C(=O)OC4)C3=O)CC2)cn1. The van der Waals surface area contributed by atoms with Gasteiger partial charge in [0.05, 0.1) is 23.3 Å². The van der Waals surface area contributed by atoms with Crippen molar-refractivity contribution in [2.75, 3.05) is 31.3 Å². The number of aliphatic hydroxyl groups excluding tert-OH is 1. The number of hydrogen-bond donors (Lipinski definition) is 2. The van der Waals surface area contributed by atoms with Gasteiger partial charge in [-0.05, 0) is 50.7 Å². The first-order valence-corrected chi connectivity index (χ1v) is 11.5. The van der Waals surface area contributed by atoms with Gasteiger partial charge in [0.25, 0.3) is 0 Å². The summed E-state index contributed by atoms with van der Waals surface area (Å²) in [5.74, 6) is 6.22. The number of cyclic esters (lactones) is 1. The number of aliphatic hydroxyl groups is 1. The highest BCUT2D eigenvalue weighted by Gasteiger charge is 2.50. The van der Waals surface area contributed by atoms with E-state index in [2.05, 4.69) is 16.5 Å². The molecule has 1 aromatic rings. The minimum Gasteiger partial charge on any atom is -0.456 e. The summed E-state index contributed by atoms with van der Waals surface area (Å²) in [7, 11) is 0. The second kappa shape index (κ2) is 9.62. The van der Waals surface area contributed by atoms with Crippen LogP contribution in [0.15, 0.2) is 42.4 Å². The molecular weight excluding hydrogens is 422 g/mol. The van der Waals surface area contributed by atoms with Crippen molar-refractivity contribution in [3.8, 4) is 0 Å². The molecule has 3 aliphatic rings. The number of anilines is 1. The lowest BCUT2D eigenvalue weighted by Crippen LogP contribution is -2.44. The van der Waals surface area contributed by atoms with Gasteiger partial charge in [0.15, 0.2) is 0 Å². The molecule has 178 valence electrons. The monoisotopic (exact) mass is 455 g/mol. The summed E-state index contributed by atoms with van der Waals surface area (Å²) in [6.07, 6.45) is 7.53. The molecule has 2 aliphatic heterocycles. The fourth-order valence-electron chi connectivity index (χ4n) is 5.32. The van der Waals surface area contributed by atoms with Crippen molar-refractivity contribution in [1.82, 2.24) is 14.8 Å². The van der Waals surface area contributed by atoms with Gasteiger partial charge in [-0.3, -0.25) is 14.7 Å². The van der Waals surface area contributed by atoms with E-state index >= 15 is 0 Å². The summed E-state index contributed by atoms with van der Waals surface area (Å²) in [6.45, 7) is 7.54. The minimum absolute atomic E-state index is 0.0777. The Morgan fingerprint density at radius 3 is 2.67 bits per heavy atom. The van der Waals surface area contributed by atoms with E-state index in [0.717, 1.165) is 43.4 Å². The predicted molar refractivity (Wildman–Crippen MR) is 123 cm³/mol. The molecule has 4 rings (SSSR count). The van der Waals surface area contributed by atoms with Crippen molar-refractivity contribution in [3.63, 3.8) is 0 Å². The number of aromatic nitrogens is 1. The van der Waals surface area contributed by atoms with Crippen LogP contribution < -0.4 is 10.9 Å². The number of nitrogens with zero attached hydrogens (tertiary/aromatic N) is 4. The summed E-state index contributed by atoms with van der Waals surface area (Å²) in [5, 5.41) is 11.0. The average Bonchev–Trinajstić information content (AvgIpc) is 3.32. The number of ether oxygens (including phenoxy) is 1. The van der Waals surface area contributed by atoms with Gasteiger partial charge in [0.1, 0.15) is 12.4 Å². The van der Waals surface area contributed by atoms with Crippen molar-refractivity contribution < 1.29 is 19.4 Å². The summed E-state index contributed by atoms with van der Waals surface area (Å²) >= 11 is 0. The van der Waals surface area contributed by atoms with Gasteiger partial charge in [0.2, 0.25) is 5.91 Å². The van der Waals surface area contributed by atoms with Gasteiger partial charge < -0.3 is 14.7 Å². The second-order valence-corrected chi connectivity index (χ2v) is 9.17. The molecule has 9 nitrogen and oxygen atoms in total. The van der Waals surface area contributed by atoms with Gasteiger partial charge in [-0.1, -0.05) is 12.6 Å². The smallest absolute Gasteiger partial charge is 0.336 e. The van der Waals surface area contributed by atoms with Gasteiger partial charge in [-0.25, -0.2) is 15.6 Å². The van der Waals surface area contributed by atoms with Crippen molar-refractivity contribution in [2.45, 2.75) is 51.6 Å². The first-order chi connectivity index (χ1) is 15.9. The maximum Gasteiger partial charge on any atom is 0.336 e. The molecule has 0 atom stereocenters. The molecule has 0 bridgehead atoms. The summed E-state index contributed by atoms with van der Waals surface area (Å²) in [5.41, 5.74) is 1.98. The van der Waals surface area contributed by atoms with Crippen molar-refractivity contribution in [1.29, 1.82) is 0 Å². The van der Waals surface area contributed by atoms with E-state index < -0.39 is 0 Å². The van der Waals surface area contributed by atoms with E-state index in [9.17, 15) is 14.7 Å². The number of pyridine rings is 1. The number of amides is 1. The molecule has 3 N–H and O–H groups in total. The number of carbonyl (C=O) groups is 2. The number of esters is 1. The average molecular weight is 456 g/mol. The first-order valence-electron chi connectivity index (χ1n) is 11.5. The molecular formula is C24H33N5O4. The largest absolute Gasteiger partial charge is 0.456 e. The Hall–Kier alpha value is -2.75. The van der Waals surface area contributed by atoms with Crippen LogP contribution in [-0.4, -0.2) is 64.1 Å². The summed E-state index contributed by atoms with van der Waals surface area (Å²) in [4.78, 5) is 33.6. The van der Waals surface area contributed by atoms with E-state index in [1.807, 2.05) is 12.1 Å². The molecule has 9 heteroatoms. The van der Waals surface area contributed by atoms with Gasteiger partial charge in [-0.2, -0.15) is 0 Å². The second-order valence-electron chi connectivity index (χ2n) is 9.17. The molecule has 1 saturated carbocycles. The van der Waals surface area contributed by atoms with Crippen molar-refractivity contribution >= 4 is 17.7 Å². The fraction of sp³-hybridized carbons (Fsp3) is 0.542. The molecule has 33 heavy (non-hydrogen) atoms. The Morgan fingerprint density at radius 2 is 2.09 bits per heavy atom. The maximum absolute atomic E-state index is 13.4. The van der Waals surface area contributed by atoms with Crippen LogP contribution in [0.25, 0.3) is 0 Å². The Bertz CT molecular complexity index is 937. The molecule has 2 fully saturated rings. The highest BCUT2D eigenvalue weighted by atomic mass is 16.5. The lowest BCUT2D eigenvalue weighted by Gasteiger charge is -2.40. The first kappa shape index (κ1) is 23.4. The fourth-order valence-corrected chi connectivity index (χ4v) is 5.32. The number of carbonyl (C=O) groups excluding carboxylic acids is 2. The van der Waals surface area contributed by atoms with Gasteiger partial charge in [0, 0.05) is 38.1 Å². The number of likely N-dealkylation sites (tertiary alicyclic amines) is 1. The van der Waals surface area contributed by atoms with E-state index in [1.54, 1.807) is 18.0 Å². The highest BCUT2D eigenvalue weighted by Crippen LogP contribution is 2.47. The van der Waals surface area contributed by atoms with Crippen LogP contribution in [0.4, 0.5) is 5.82 Å². The van der Waals surface area contributed by atoms with E-state index in [-0.39, 0.29) is 30.5 Å². The number of hydrazine groups is 1. The minimum atomic E-state index is -0.348. The number of hydrogen-bond acceptors (Lipinski definition) is 8. The van der Waals surface area contributed by atoms with Crippen molar-refractivity contribution in [2.24, 2.45) is 11.3 Å². The van der Waals surface area contributed by atoms with Crippen LogP contribution >= 0.6 is 0 Å². The van der Waals surface area contributed by atoms with Crippen LogP contribution in [-0.2, 0) is 20.9 Å². The molecule has 3 heterocycles. The third-order valence-electron chi connectivity index (χ3n) is 7.39. The lowest BCUT2D eigenvalue weighted by molar-refractivity contribution is -0.138. The maximum atomic E-state index is 13.4. The molecule has 1 saturated heterocycles. The Kier molecular flexibility index (Phi) is 6.83. The molecule has 1 amide bonds. The lowest BCUT2D eigenvalue weighted by atomic mass is 9.71. The van der Waals surface area contributed by atoms with Crippen molar-refractivity contribution in [3.05, 3.63) is 47.9 Å². The summed E-state index contributed by atoms with van der Waals surface area (Å²) in [6, 6.07) is 4.13. The third kappa shape index (κ3) is 4.53. The van der Waals surface area contributed by atoms with Gasteiger partial charge >= 0.3 is 5.97 Å². The molecule has 0 aromatic carbocycles. The standard InChI is InChI=1S/C24H33N5O4/c1-3-29(25)21-5-4-18(14-26-21)15-27(12-13-30)19-6-8-24(9-7-19)10-11-28(23(24)32)20-16-33-22(31)17(20)2/h3-5,14,19,30H,1,6-13,15-16,25H2,2H3/t19-,24+. The molecule has 1 aliphatic carbocycles. The zero-order chi connectivity index (χ0) is 23.6. The van der Waals surface area contributed by atoms with Crippen LogP contribution in [0.5, 0.6) is 0 Å². The van der Waals surface area contributed by atoms with E-state index in [4.69, 9.17) is 10.6 Å². The van der Waals surface area contributed by atoms with Crippen LogP contribution in [0.2, 0.25) is 0 Å². The van der Waals surface area contributed by atoms with E-state index in [1.165, 1.54) is 11.2 Å². The Morgan fingerprint density at radius 1 is 1.33 bits per heavy atom. The molecule has 0 unspecified atom stereocenters. The molecule has 0 radical (unpaired) electrons. The van der Waals surface area contributed by atoms with E-state index in [0.29, 0.717) is 37.1 Å². The number of nitrogens with two attached hydrogens (primary N) is 1. The van der Waals surface area contributed by atoms with Gasteiger partial charge in [-0.15, -0.1) is 0 Å². The third-order valence-corrected chi connectivity index (χ3v) is 7.39. The highest BCUT2D eigenvalue weighted by molar-refractivity contribution is 5.94. The predicted octanol–water partition coefficient (Wildman–Crippen LogP) is 1.69. The topological polar surface area (TPSA) is 112 Å². The molecule has 1 aromatic heterocycles. The normalized spacial score (nSPS) is 25.3. The zero-order valence-corrected chi connectivity index (χ0v) is 19.2. The van der Waals surface area contributed by atoms with Crippen LogP contribution in [0.3, 0.4) is 0 Å².